The molecule has 0 saturated carbocycles. The molecule has 4 nitrogen and oxygen atoms in total. The summed E-state index contributed by atoms with van der Waals surface area (Å²) in [4.78, 5) is 4.89. The Balaban J connectivity index is 1.85. The van der Waals surface area contributed by atoms with Crippen LogP contribution in [0.1, 0.15) is 41.3 Å². The summed E-state index contributed by atoms with van der Waals surface area (Å²) in [5.74, 6) is 0.0812. The first kappa shape index (κ1) is 21.0. The highest BCUT2D eigenvalue weighted by atomic mass is 35.5. The van der Waals surface area contributed by atoms with Gasteiger partial charge in [-0.25, -0.2) is 13.9 Å². The summed E-state index contributed by atoms with van der Waals surface area (Å²) in [7, 11) is 0. The molecule has 0 atom stereocenters. The van der Waals surface area contributed by atoms with Gasteiger partial charge in [0.2, 0.25) is 0 Å². The molecule has 2 aromatic heterocycles. The number of hydrogen-bond acceptors (Lipinski definition) is 3. The fourth-order valence-corrected chi connectivity index (χ4v) is 5.00. The first-order valence-electron chi connectivity index (χ1n) is 11.0. The van der Waals surface area contributed by atoms with Crippen LogP contribution in [0.3, 0.4) is 0 Å². The second kappa shape index (κ2) is 7.89. The molecule has 0 spiro atoms. The molecule has 1 aliphatic rings. The maximum atomic E-state index is 15.1. The third-order valence-corrected chi connectivity index (χ3v) is 6.68. The molecule has 6 heteroatoms. The van der Waals surface area contributed by atoms with Gasteiger partial charge in [0.25, 0.3) is 0 Å². The Morgan fingerprint density at radius 3 is 2.72 bits per heavy atom. The summed E-state index contributed by atoms with van der Waals surface area (Å²) in [6.07, 6.45) is 2.47. The normalized spacial score (nSPS) is 13.3. The lowest BCUT2D eigenvalue weighted by atomic mass is 9.92. The Morgan fingerprint density at radius 1 is 1.16 bits per heavy atom. The topological polar surface area (TPSA) is 39.4 Å². The molecule has 5 rings (SSSR count). The van der Waals surface area contributed by atoms with Crippen molar-refractivity contribution in [3.63, 3.8) is 0 Å². The van der Waals surface area contributed by atoms with Gasteiger partial charge >= 0.3 is 0 Å². The Morgan fingerprint density at radius 2 is 1.97 bits per heavy atom. The summed E-state index contributed by atoms with van der Waals surface area (Å²) in [6.45, 7) is 8.75. The van der Waals surface area contributed by atoms with Gasteiger partial charge in [0.15, 0.2) is 17.2 Å². The molecular weight excluding hydrogens is 425 g/mol. The summed E-state index contributed by atoms with van der Waals surface area (Å²) in [6, 6.07) is 9.27. The van der Waals surface area contributed by atoms with Crippen molar-refractivity contribution < 1.29 is 9.13 Å². The van der Waals surface area contributed by atoms with Crippen molar-refractivity contribution in [3.8, 4) is 28.3 Å². The predicted octanol–water partition coefficient (Wildman–Crippen LogP) is 6.67. The lowest BCUT2D eigenvalue weighted by Gasteiger charge is -2.23. The van der Waals surface area contributed by atoms with E-state index in [0.717, 1.165) is 75.4 Å². The van der Waals surface area contributed by atoms with E-state index in [1.807, 2.05) is 42.6 Å². The molecule has 0 aliphatic carbocycles. The van der Waals surface area contributed by atoms with E-state index in [-0.39, 0.29) is 5.82 Å². The number of nitrogens with zero attached hydrogens (tertiary/aromatic N) is 3. The lowest BCUT2D eigenvalue weighted by Crippen LogP contribution is -2.13. The summed E-state index contributed by atoms with van der Waals surface area (Å²) < 4.78 is 22.7. The second-order valence-corrected chi connectivity index (χ2v) is 8.82. The van der Waals surface area contributed by atoms with Crippen molar-refractivity contribution in [1.82, 2.24) is 14.6 Å². The highest BCUT2D eigenvalue weighted by Crippen LogP contribution is 2.40. The fraction of sp³-hybridized carbons (Fsp3) is 0.308. The maximum Gasteiger partial charge on any atom is 0.166 e. The van der Waals surface area contributed by atoms with Crippen molar-refractivity contribution in [3.05, 3.63) is 69.1 Å². The maximum absolute atomic E-state index is 15.1. The molecule has 164 valence electrons. The summed E-state index contributed by atoms with van der Waals surface area (Å²) in [5, 5.41) is 5.63. The molecule has 0 fully saturated rings. The summed E-state index contributed by atoms with van der Waals surface area (Å²) >= 11 is 6.25. The largest absolute Gasteiger partial charge is 0.490 e. The zero-order valence-electron chi connectivity index (χ0n) is 18.7. The monoisotopic (exact) mass is 449 g/mol. The first-order chi connectivity index (χ1) is 15.4. The average Bonchev–Trinajstić information content (AvgIpc) is 3.11. The van der Waals surface area contributed by atoms with Crippen molar-refractivity contribution >= 4 is 17.2 Å². The molecule has 0 unspecified atom stereocenters. The van der Waals surface area contributed by atoms with Crippen LogP contribution in [-0.4, -0.2) is 21.2 Å². The number of aryl methyl sites for hydroxylation is 2. The Bertz CT molecular complexity index is 1380. The number of ether oxygens (including phenoxy) is 1. The minimum absolute atomic E-state index is 0.316. The van der Waals surface area contributed by atoms with E-state index < -0.39 is 0 Å². The van der Waals surface area contributed by atoms with Gasteiger partial charge in [-0.05, 0) is 69.4 Å². The van der Waals surface area contributed by atoms with E-state index in [9.17, 15) is 0 Å². The second-order valence-electron chi connectivity index (χ2n) is 8.39. The molecule has 0 radical (unpaired) electrons. The van der Waals surface area contributed by atoms with Gasteiger partial charge in [-0.15, -0.1) is 0 Å². The SMILES string of the molecule is CCc1c(C)nc2c(C)c(-c3cccc(Cl)c3)nn2c1-c1cc(F)c2c(c1C)CCCO2. The van der Waals surface area contributed by atoms with Gasteiger partial charge in [-0.3, -0.25) is 0 Å². The molecule has 0 amide bonds. The Kier molecular flexibility index (Phi) is 5.17. The number of halogens is 2. The molecule has 1 aliphatic heterocycles. The minimum atomic E-state index is -0.316. The van der Waals surface area contributed by atoms with Crippen LogP contribution in [0.25, 0.3) is 28.2 Å². The van der Waals surface area contributed by atoms with Gasteiger partial charge in [-0.2, -0.15) is 5.10 Å². The van der Waals surface area contributed by atoms with E-state index in [4.69, 9.17) is 26.4 Å². The third-order valence-electron chi connectivity index (χ3n) is 6.44. The van der Waals surface area contributed by atoms with Crippen LogP contribution in [-0.2, 0) is 12.8 Å². The van der Waals surface area contributed by atoms with Crippen LogP contribution in [0, 0.1) is 26.6 Å². The highest BCUT2D eigenvalue weighted by Gasteiger charge is 2.25. The van der Waals surface area contributed by atoms with E-state index >= 15 is 4.39 Å². The lowest BCUT2D eigenvalue weighted by molar-refractivity contribution is 0.273. The van der Waals surface area contributed by atoms with E-state index in [1.54, 1.807) is 6.07 Å². The number of hydrogen-bond donors (Lipinski definition) is 0. The number of aromatic nitrogens is 3. The predicted molar refractivity (Wildman–Crippen MR) is 126 cm³/mol. The van der Waals surface area contributed by atoms with Crippen molar-refractivity contribution in [2.75, 3.05) is 6.61 Å². The van der Waals surface area contributed by atoms with Crippen LogP contribution in [0.2, 0.25) is 5.02 Å². The first-order valence-corrected chi connectivity index (χ1v) is 11.4. The van der Waals surface area contributed by atoms with Crippen LogP contribution in [0.5, 0.6) is 5.75 Å². The van der Waals surface area contributed by atoms with E-state index in [2.05, 4.69) is 13.8 Å². The van der Waals surface area contributed by atoms with Crippen LogP contribution in [0.4, 0.5) is 4.39 Å². The van der Waals surface area contributed by atoms with Gasteiger partial charge in [0, 0.05) is 33.0 Å². The van der Waals surface area contributed by atoms with Gasteiger partial charge < -0.3 is 4.74 Å². The molecule has 0 bridgehead atoms. The number of rotatable bonds is 3. The molecule has 0 saturated heterocycles. The number of benzene rings is 2. The van der Waals surface area contributed by atoms with E-state index in [0.29, 0.717) is 17.4 Å². The van der Waals surface area contributed by atoms with Crippen LogP contribution < -0.4 is 4.74 Å². The zero-order chi connectivity index (χ0) is 22.6. The standard InChI is InChI=1S/C26H25ClFN3O/c1-5-19-16(4)29-26-15(3)23(17-8-6-9-18(27)12-17)30-31(26)24(19)21-13-22(28)25-20(14(21)2)10-7-11-32-25/h6,8-9,12-13H,5,7,10-11H2,1-4H3. The third kappa shape index (κ3) is 3.18. The molecule has 4 aromatic rings. The van der Waals surface area contributed by atoms with Crippen molar-refractivity contribution in [2.45, 2.75) is 47.0 Å². The Hall–Kier alpha value is -2.92. The highest BCUT2D eigenvalue weighted by molar-refractivity contribution is 6.30. The molecule has 3 heterocycles. The fourth-order valence-electron chi connectivity index (χ4n) is 4.81. The van der Waals surface area contributed by atoms with Crippen molar-refractivity contribution in [1.29, 1.82) is 0 Å². The van der Waals surface area contributed by atoms with Crippen molar-refractivity contribution in [2.24, 2.45) is 0 Å². The quantitative estimate of drug-likeness (QED) is 0.350. The Labute approximate surface area is 192 Å². The van der Waals surface area contributed by atoms with Gasteiger partial charge in [0.1, 0.15) is 0 Å². The minimum Gasteiger partial charge on any atom is -0.490 e. The number of fused-ring (bicyclic) bond motifs is 2. The van der Waals surface area contributed by atoms with Crippen LogP contribution in [0.15, 0.2) is 30.3 Å². The smallest absolute Gasteiger partial charge is 0.166 e. The summed E-state index contributed by atoms with van der Waals surface area (Å²) in [5.41, 5.74) is 9.25. The molecule has 32 heavy (non-hydrogen) atoms. The van der Waals surface area contributed by atoms with Crippen LogP contribution >= 0.6 is 11.6 Å². The zero-order valence-corrected chi connectivity index (χ0v) is 19.5. The molecular formula is C26H25ClFN3O. The van der Waals surface area contributed by atoms with Gasteiger partial charge in [-0.1, -0.05) is 30.7 Å². The molecule has 0 N–H and O–H groups in total. The van der Waals surface area contributed by atoms with Gasteiger partial charge in [0.05, 0.1) is 18.0 Å². The average molecular weight is 450 g/mol. The molecule has 2 aromatic carbocycles. The van der Waals surface area contributed by atoms with E-state index in [1.165, 1.54) is 0 Å².